The molecule has 1 aromatic rings. The van der Waals surface area contributed by atoms with Crippen molar-refractivity contribution in [3.63, 3.8) is 0 Å². The van der Waals surface area contributed by atoms with Gasteiger partial charge in [-0.2, -0.15) is 4.98 Å². The van der Waals surface area contributed by atoms with Gasteiger partial charge in [-0.05, 0) is 49.6 Å². The van der Waals surface area contributed by atoms with Gasteiger partial charge in [0.2, 0.25) is 5.28 Å². The van der Waals surface area contributed by atoms with E-state index < -0.39 is 0 Å². The van der Waals surface area contributed by atoms with Gasteiger partial charge in [-0.15, -0.1) is 0 Å². The van der Waals surface area contributed by atoms with Crippen LogP contribution in [-0.2, 0) is 0 Å². The third-order valence-electron chi connectivity index (χ3n) is 4.05. The van der Waals surface area contributed by atoms with E-state index in [1.165, 1.54) is 6.42 Å². The smallest absolute Gasteiger partial charge is 0.224 e. The minimum Gasteiger partial charge on any atom is -0.394 e. The SMILES string of the molecule is Cc1nc(Cl)nc(NC2CCC(C)C(C)C2)c1N. The van der Waals surface area contributed by atoms with Crippen LogP contribution in [0.4, 0.5) is 11.5 Å². The molecule has 0 radical (unpaired) electrons. The zero-order valence-electron chi connectivity index (χ0n) is 11.2. The Kier molecular flexibility index (Phi) is 3.95. The average molecular weight is 269 g/mol. The number of aromatic nitrogens is 2. The second-order valence-corrected chi connectivity index (χ2v) is 5.79. The molecule has 0 bridgehead atoms. The van der Waals surface area contributed by atoms with Crippen LogP contribution in [0.25, 0.3) is 0 Å². The average Bonchev–Trinajstić information content (AvgIpc) is 2.30. The summed E-state index contributed by atoms with van der Waals surface area (Å²) in [6.45, 7) is 6.47. The van der Waals surface area contributed by atoms with E-state index in [0.717, 1.165) is 30.4 Å². The second kappa shape index (κ2) is 5.31. The molecule has 1 saturated carbocycles. The fraction of sp³-hybridized carbons (Fsp3) is 0.692. The molecule has 3 atom stereocenters. The van der Waals surface area contributed by atoms with Crippen molar-refractivity contribution in [2.75, 3.05) is 11.1 Å². The monoisotopic (exact) mass is 268 g/mol. The zero-order chi connectivity index (χ0) is 13.3. The number of nitrogens with one attached hydrogen (secondary N) is 1. The van der Waals surface area contributed by atoms with E-state index in [-0.39, 0.29) is 5.28 Å². The molecule has 1 aliphatic carbocycles. The van der Waals surface area contributed by atoms with Gasteiger partial charge in [-0.25, -0.2) is 4.98 Å². The van der Waals surface area contributed by atoms with Crippen LogP contribution < -0.4 is 11.1 Å². The maximum absolute atomic E-state index is 5.98. The Hall–Kier alpha value is -1.03. The second-order valence-electron chi connectivity index (χ2n) is 5.45. The quantitative estimate of drug-likeness (QED) is 0.808. The van der Waals surface area contributed by atoms with Crippen LogP contribution in [0.15, 0.2) is 0 Å². The minimum atomic E-state index is 0.251. The Bertz CT molecular complexity index is 435. The van der Waals surface area contributed by atoms with Crippen molar-refractivity contribution in [3.8, 4) is 0 Å². The molecule has 100 valence electrons. The molecule has 2 rings (SSSR count). The Balaban J connectivity index is 2.10. The molecule has 0 aromatic carbocycles. The highest BCUT2D eigenvalue weighted by Gasteiger charge is 2.25. The highest BCUT2D eigenvalue weighted by molar-refractivity contribution is 6.28. The Morgan fingerprint density at radius 2 is 1.94 bits per heavy atom. The largest absolute Gasteiger partial charge is 0.394 e. The third kappa shape index (κ3) is 2.86. The molecule has 1 aromatic heterocycles. The molecular formula is C13H21ClN4. The fourth-order valence-electron chi connectivity index (χ4n) is 2.53. The van der Waals surface area contributed by atoms with E-state index in [1.54, 1.807) is 0 Å². The van der Waals surface area contributed by atoms with E-state index in [1.807, 2.05) is 6.92 Å². The molecule has 1 heterocycles. The lowest BCUT2D eigenvalue weighted by Crippen LogP contribution is -2.31. The lowest BCUT2D eigenvalue weighted by atomic mass is 9.79. The van der Waals surface area contributed by atoms with Crippen molar-refractivity contribution < 1.29 is 0 Å². The number of nitrogen functional groups attached to an aromatic ring is 1. The van der Waals surface area contributed by atoms with Gasteiger partial charge >= 0.3 is 0 Å². The van der Waals surface area contributed by atoms with E-state index in [0.29, 0.717) is 17.5 Å². The molecule has 3 N–H and O–H groups in total. The molecule has 5 heteroatoms. The van der Waals surface area contributed by atoms with Crippen molar-refractivity contribution in [1.82, 2.24) is 9.97 Å². The summed E-state index contributed by atoms with van der Waals surface area (Å²) in [6, 6.07) is 0.434. The first-order chi connectivity index (χ1) is 8.47. The van der Waals surface area contributed by atoms with Gasteiger partial charge < -0.3 is 11.1 Å². The molecule has 0 saturated heterocycles. The molecule has 0 amide bonds. The summed E-state index contributed by atoms with van der Waals surface area (Å²) in [6.07, 6.45) is 3.56. The van der Waals surface area contributed by atoms with Crippen LogP contribution in [0.3, 0.4) is 0 Å². The lowest BCUT2D eigenvalue weighted by Gasteiger charge is -2.33. The Labute approximate surface area is 113 Å². The van der Waals surface area contributed by atoms with Gasteiger partial charge in [0, 0.05) is 6.04 Å². The van der Waals surface area contributed by atoms with E-state index in [9.17, 15) is 0 Å². The van der Waals surface area contributed by atoms with Gasteiger partial charge in [0.15, 0.2) is 5.82 Å². The molecule has 0 spiro atoms. The van der Waals surface area contributed by atoms with E-state index in [4.69, 9.17) is 17.3 Å². The Morgan fingerprint density at radius 1 is 1.22 bits per heavy atom. The minimum absolute atomic E-state index is 0.251. The van der Waals surface area contributed by atoms with Gasteiger partial charge in [-0.1, -0.05) is 13.8 Å². The highest BCUT2D eigenvalue weighted by atomic mass is 35.5. The predicted octanol–water partition coefficient (Wildman–Crippen LogP) is 3.26. The van der Waals surface area contributed by atoms with Gasteiger partial charge in [-0.3, -0.25) is 0 Å². The first kappa shape index (κ1) is 13.4. The predicted molar refractivity (Wildman–Crippen MR) is 75.8 cm³/mol. The topological polar surface area (TPSA) is 63.8 Å². The third-order valence-corrected chi connectivity index (χ3v) is 4.22. The van der Waals surface area contributed by atoms with Crippen LogP contribution in [0.2, 0.25) is 5.28 Å². The molecular weight excluding hydrogens is 248 g/mol. The molecule has 1 fully saturated rings. The van der Waals surface area contributed by atoms with Gasteiger partial charge in [0.05, 0.1) is 11.4 Å². The number of rotatable bonds is 2. The number of aryl methyl sites for hydroxylation is 1. The maximum Gasteiger partial charge on any atom is 0.224 e. The van der Waals surface area contributed by atoms with Crippen LogP contribution in [0.5, 0.6) is 0 Å². The number of hydrogen-bond acceptors (Lipinski definition) is 4. The van der Waals surface area contributed by atoms with Crippen molar-refractivity contribution in [1.29, 1.82) is 0 Å². The van der Waals surface area contributed by atoms with Crippen LogP contribution in [-0.4, -0.2) is 16.0 Å². The standard InChI is InChI=1S/C13H21ClN4/c1-7-4-5-10(6-8(7)2)17-12-11(15)9(3)16-13(14)18-12/h7-8,10H,4-6,15H2,1-3H3,(H,16,17,18). The Morgan fingerprint density at radius 3 is 2.61 bits per heavy atom. The molecule has 18 heavy (non-hydrogen) atoms. The summed E-state index contributed by atoms with van der Waals surface area (Å²) in [7, 11) is 0. The maximum atomic E-state index is 5.98. The summed E-state index contributed by atoms with van der Waals surface area (Å²) in [5, 5.41) is 3.67. The summed E-state index contributed by atoms with van der Waals surface area (Å²) in [5.41, 5.74) is 7.32. The first-order valence-electron chi connectivity index (χ1n) is 6.53. The lowest BCUT2D eigenvalue weighted by molar-refractivity contribution is 0.260. The zero-order valence-corrected chi connectivity index (χ0v) is 12.0. The van der Waals surface area contributed by atoms with Crippen molar-refractivity contribution in [2.45, 2.75) is 46.1 Å². The molecule has 1 aliphatic rings. The normalized spacial score (nSPS) is 28.1. The van der Waals surface area contributed by atoms with E-state index >= 15 is 0 Å². The summed E-state index contributed by atoms with van der Waals surface area (Å²) >= 11 is 5.87. The van der Waals surface area contributed by atoms with Crippen molar-refractivity contribution in [2.24, 2.45) is 11.8 Å². The number of nitrogens with zero attached hydrogens (tertiary/aromatic N) is 2. The van der Waals surface area contributed by atoms with E-state index in [2.05, 4.69) is 29.1 Å². The first-order valence-corrected chi connectivity index (χ1v) is 6.91. The molecule has 0 aliphatic heterocycles. The number of nitrogens with two attached hydrogens (primary N) is 1. The van der Waals surface area contributed by atoms with Crippen molar-refractivity contribution in [3.05, 3.63) is 11.0 Å². The summed E-state index contributed by atoms with van der Waals surface area (Å²) in [4.78, 5) is 8.23. The van der Waals surface area contributed by atoms with Crippen LogP contribution in [0, 0.1) is 18.8 Å². The summed E-state index contributed by atoms with van der Waals surface area (Å²) in [5.74, 6) is 2.21. The number of anilines is 2. The van der Waals surface area contributed by atoms with Crippen LogP contribution >= 0.6 is 11.6 Å². The summed E-state index contributed by atoms with van der Waals surface area (Å²) < 4.78 is 0. The number of hydrogen-bond donors (Lipinski definition) is 2. The molecule has 3 unspecified atom stereocenters. The molecule has 4 nitrogen and oxygen atoms in total. The van der Waals surface area contributed by atoms with Crippen molar-refractivity contribution >= 4 is 23.1 Å². The highest BCUT2D eigenvalue weighted by Crippen LogP contribution is 2.32. The number of halogens is 1. The van der Waals surface area contributed by atoms with Gasteiger partial charge in [0.1, 0.15) is 0 Å². The van der Waals surface area contributed by atoms with Crippen LogP contribution in [0.1, 0.15) is 38.8 Å². The van der Waals surface area contributed by atoms with Gasteiger partial charge in [0.25, 0.3) is 0 Å². The fourth-order valence-corrected chi connectivity index (χ4v) is 2.74.